The topological polar surface area (TPSA) is 50.5 Å². The van der Waals surface area contributed by atoms with E-state index in [1.54, 1.807) is 19.6 Å². The monoisotopic (exact) mass is 367 g/mol. The van der Waals surface area contributed by atoms with Gasteiger partial charge >= 0.3 is 0 Å². The molecule has 0 aliphatic carbocycles. The molecule has 5 nitrogen and oxygen atoms in total. The molecule has 26 heavy (non-hydrogen) atoms. The van der Waals surface area contributed by atoms with E-state index >= 15 is 0 Å². The Morgan fingerprint density at radius 1 is 1.12 bits per heavy atom. The Morgan fingerprint density at radius 3 is 2.58 bits per heavy atom. The normalized spacial score (nSPS) is 10.3. The first-order chi connectivity index (χ1) is 12.7. The van der Waals surface area contributed by atoms with Crippen LogP contribution in [0.25, 0.3) is 0 Å². The summed E-state index contributed by atoms with van der Waals surface area (Å²) in [4.78, 5) is 6.30. The van der Waals surface area contributed by atoms with Crippen LogP contribution in [0.4, 0.5) is 0 Å². The number of rotatable bonds is 7. The Kier molecular flexibility index (Phi) is 6.22. The van der Waals surface area contributed by atoms with Gasteiger partial charge in [0.25, 0.3) is 0 Å². The van der Waals surface area contributed by atoms with Crippen LogP contribution in [-0.2, 0) is 19.6 Å². The molecular weight excluding hydrogens is 346 g/mol. The van der Waals surface area contributed by atoms with Crippen molar-refractivity contribution in [2.45, 2.75) is 19.6 Å². The minimum absolute atomic E-state index is 0.554. The van der Waals surface area contributed by atoms with Gasteiger partial charge in [0.05, 0.1) is 19.9 Å². The van der Waals surface area contributed by atoms with Gasteiger partial charge in [-0.3, -0.25) is 4.98 Å². The van der Waals surface area contributed by atoms with E-state index < -0.39 is 0 Å². The molecule has 6 heteroatoms. The Bertz CT molecular complexity index is 805. The summed E-state index contributed by atoms with van der Waals surface area (Å²) in [5.74, 6) is 1.68. The maximum Gasteiger partial charge on any atom is 0.169 e. The maximum atomic E-state index is 5.62. The molecule has 0 bridgehead atoms. The van der Waals surface area contributed by atoms with Crippen LogP contribution < -0.4 is 10.1 Å². The molecule has 3 rings (SSSR count). The zero-order valence-electron chi connectivity index (χ0n) is 14.6. The van der Waals surface area contributed by atoms with Gasteiger partial charge in [-0.2, -0.15) is 0 Å². The van der Waals surface area contributed by atoms with E-state index in [4.69, 9.17) is 21.4 Å². The van der Waals surface area contributed by atoms with Crippen molar-refractivity contribution in [1.82, 2.24) is 15.2 Å². The second-order valence-corrected chi connectivity index (χ2v) is 6.19. The average Bonchev–Trinajstić information content (AvgIpc) is 3.20. The first kappa shape index (κ1) is 17.9. The van der Waals surface area contributed by atoms with E-state index in [0.29, 0.717) is 24.7 Å². The van der Waals surface area contributed by atoms with Crippen molar-refractivity contribution >= 4 is 17.3 Å². The number of nitrogens with one attached hydrogen (secondary N) is 1. The molecule has 0 spiro atoms. The summed E-state index contributed by atoms with van der Waals surface area (Å²) in [7, 11) is 1.66. The minimum atomic E-state index is 0.554. The van der Waals surface area contributed by atoms with Gasteiger partial charge in [0.1, 0.15) is 11.5 Å². The SMILES string of the molecule is COc1ccc(CN(Cc2cccnc2)C(=S)NCc2ccco2)cc1. The second-order valence-electron chi connectivity index (χ2n) is 5.80. The van der Waals surface area contributed by atoms with Gasteiger partial charge < -0.3 is 19.4 Å². The fraction of sp³-hybridized carbons (Fsp3) is 0.200. The standard InChI is InChI=1S/C20H21N3O2S/c1-24-18-8-6-16(7-9-18)14-23(15-17-4-2-10-21-12-17)20(26)22-13-19-5-3-11-25-19/h2-12H,13-15H2,1H3,(H,22,26). The lowest BCUT2D eigenvalue weighted by atomic mass is 10.2. The first-order valence-electron chi connectivity index (χ1n) is 8.31. The quantitative estimate of drug-likeness (QED) is 0.642. The molecule has 0 radical (unpaired) electrons. The Morgan fingerprint density at radius 2 is 1.92 bits per heavy atom. The minimum Gasteiger partial charge on any atom is -0.497 e. The number of pyridine rings is 1. The summed E-state index contributed by atoms with van der Waals surface area (Å²) in [5, 5.41) is 3.93. The summed E-state index contributed by atoms with van der Waals surface area (Å²) in [5.41, 5.74) is 2.25. The highest BCUT2D eigenvalue weighted by molar-refractivity contribution is 7.80. The molecule has 3 aromatic rings. The van der Waals surface area contributed by atoms with E-state index in [-0.39, 0.29) is 0 Å². The third-order valence-corrected chi connectivity index (χ3v) is 4.31. The van der Waals surface area contributed by atoms with E-state index in [1.807, 2.05) is 54.7 Å². The van der Waals surface area contributed by atoms with Crippen LogP contribution >= 0.6 is 12.2 Å². The molecule has 0 amide bonds. The molecule has 2 heterocycles. The molecule has 0 fully saturated rings. The number of ether oxygens (including phenoxy) is 1. The van der Waals surface area contributed by atoms with Crippen LogP contribution in [-0.4, -0.2) is 22.1 Å². The molecule has 1 N–H and O–H groups in total. The van der Waals surface area contributed by atoms with Crippen LogP contribution in [0.15, 0.2) is 71.6 Å². The fourth-order valence-corrected chi connectivity index (χ4v) is 2.75. The van der Waals surface area contributed by atoms with Gasteiger partial charge in [0, 0.05) is 25.5 Å². The summed E-state index contributed by atoms with van der Waals surface area (Å²) in [6.45, 7) is 1.91. The summed E-state index contributed by atoms with van der Waals surface area (Å²) >= 11 is 5.62. The zero-order chi connectivity index (χ0) is 18.2. The van der Waals surface area contributed by atoms with Gasteiger partial charge in [-0.1, -0.05) is 18.2 Å². The van der Waals surface area contributed by atoms with Gasteiger partial charge in [0.2, 0.25) is 0 Å². The van der Waals surface area contributed by atoms with Crippen molar-refractivity contribution < 1.29 is 9.15 Å². The van der Waals surface area contributed by atoms with Crippen LogP contribution in [0.3, 0.4) is 0 Å². The second kappa shape index (κ2) is 9.01. The Balaban J connectivity index is 1.70. The molecular formula is C20H21N3O2S. The molecule has 0 aliphatic rings. The van der Waals surface area contributed by atoms with E-state index in [2.05, 4.69) is 15.2 Å². The summed E-state index contributed by atoms with van der Waals surface area (Å²) in [6.07, 6.45) is 5.28. The Hall–Kier alpha value is -2.86. The number of thiocarbonyl (C=S) groups is 1. The third-order valence-electron chi connectivity index (χ3n) is 3.91. The van der Waals surface area contributed by atoms with Crippen molar-refractivity contribution in [3.8, 4) is 5.75 Å². The van der Waals surface area contributed by atoms with Crippen molar-refractivity contribution in [2.75, 3.05) is 7.11 Å². The highest BCUT2D eigenvalue weighted by atomic mass is 32.1. The molecule has 1 aromatic carbocycles. The molecule has 0 aliphatic heterocycles. The van der Waals surface area contributed by atoms with E-state index in [0.717, 1.165) is 22.6 Å². The molecule has 134 valence electrons. The number of hydrogen-bond acceptors (Lipinski definition) is 4. The zero-order valence-corrected chi connectivity index (χ0v) is 15.4. The van der Waals surface area contributed by atoms with Crippen molar-refractivity contribution in [3.05, 3.63) is 84.1 Å². The molecule has 0 unspecified atom stereocenters. The van der Waals surface area contributed by atoms with Crippen molar-refractivity contribution in [2.24, 2.45) is 0 Å². The average molecular weight is 367 g/mol. The summed E-state index contributed by atoms with van der Waals surface area (Å²) < 4.78 is 10.6. The van der Waals surface area contributed by atoms with Crippen LogP contribution in [0.2, 0.25) is 0 Å². The van der Waals surface area contributed by atoms with Gasteiger partial charge in [-0.25, -0.2) is 0 Å². The molecule has 2 aromatic heterocycles. The maximum absolute atomic E-state index is 5.62. The highest BCUT2D eigenvalue weighted by Crippen LogP contribution is 2.15. The third kappa shape index (κ3) is 5.07. The predicted molar refractivity (Wildman–Crippen MR) is 105 cm³/mol. The molecule has 0 atom stereocenters. The lowest BCUT2D eigenvalue weighted by molar-refractivity contribution is 0.392. The number of aromatic nitrogens is 1. The van der Waals surface area contributed by atoms with Gasteiger partial charge in [-0.05, 0) is 53.7 Å². The lowest BCUT2D eigenvalue weighted by Crippen LogP contribution is -2.38. The highest BCUT2D eigenvalue weighted by Gasteiger charge is 2.12. The van der Waals surface area contributed by atoms with E-state index in [1.165, 1.54) is 0 Å². The predicted octanol–water partition coefficient (Wildman–Crippen LogP) is 3.76. The number of hydrogen-bond donors (Lipinski definition) is 1. The Labute approximate surface area is 158 Å². The van der Waals surface area contributed by atoms with Crippen molar-refractivity contribution in [3.63, 3.8) is 0 Å². The first-order valence-corrected chi connectivity index (χ1v) is 8.72. The number of methoxy groups -OCH3 is 1. The van der Waals surface area contributed by atoms with E-state index in [9.17, 15) is 0 Å². The van der Waals surface area contributed by atoms with Crippen LogP contribution in [0.1, 0.15) is 16.9 Å². The van der Waals surface area contributed by atoms with Crippen molar-refractivity contribution in [1.29, 1.82) is 0 Å². The fourth-order valence-electron chi connectivity index (χ4n) is 2.55. The lowest BCUT2D eigenvalue weighted by Gasteiger charge is -2.26. The molecule has 0 saturated heterocycles. The largest absolute Gasteiger partial charge is 0.497 e. The number of nitrogens with zero attached hydrogens (tertiary/aromatic N) is 2. The number of furan rings is 1. The van der Waals surface area contributed by atoms with Gasteiger partial charge in [0.15, 0.2) is 5.11 Å². The van der Waals surface area contributed by atoms with Gasteiger partial charge in [-0.15, -0.1) is 0 Å². The smallest absolute Gasteiger partial charge is 0.169 e. The van der Waals surface area contributed by atoms with Crippen LogP contribution in [0.5, 0.6) is 5.75 Å². The number of benzene rings is 1. The molecule has 0 saturated carbocycles. The van der Waals surface area contributed by atoms with Crippen LogP contribution in [0, 0.1) is 0 Å². The summed E-state index contributed by atoms with van der Waals surface area (Å²) in [6, 6.07) is 15.8.